The smallest absolute Gasteiger partial charge is 0.103 e. The Morgan fingerprint density at radius 2 is 2.29 bits per heavy atom. The highest BCUT2D eigenvalue weighted by Crippen LogP contribution is 2.25. The van der Waals surface area contributed by atoms with Gasteiger partial charge < -0.3 is 4.90 Å². The average molecular weight is 249 g/mol. The zero-order valence-corrected chi connectivity index (χ0v) is 9.37. The fourth-order valence-electron chi connectivity index (χ4n) is 1.16. The van der Waals surface area contributed by atoms with E-state index in [1.54, 1.807) is 0 Å². The van der Waals surface area contributed by atoms with E-state index >= 15 is 0 Å². The van der Waals surface area contributed by atoms with Crippen LogP contribution in [0.1, 0.15) is 5.56 Å². The Morgan fingerprint density at radius 3 is 2.86 bits per heavy atom. The predicted octanol–water partition coefficient (Wildman–Crippen LogP) is 2.39. The first kappa shape index (κ1) is 10.6. The van der Waals surface area contributed by atoms with Crippen LogP contribution >= 0.6 is 15.9 Å². The molecule has 0 fully saturated rings. The third-order valence-electron chi connectivity index (χ3n) is 1.84. The van der Waals surface area contributed by atoms with Gasteiger partial charge >= 0.3 is 0 Å². The van der Waals surface area contributed by atoms with Crippen molar-refractivity contribution in [2.45, 2.75) is 0 Å². The van der Waals surface area contributed by atoms with E-state index in [1.165, 1.54) is 0 Å². The Bertz CT molecular complexity index is 412. The molecule has 3 heteroatoms. The monoisotopic (exact) mass is 248 g/mol. The molecule has 70 valence electrons. The number of benzene rings is 1. The van der Waals surface area contributed by atoms with Crippen LogP contribution in [0.2, 0.25) is 0 Å². The van der Waals surface area contributed by atoms with E-state index in [4.69, 9.17) is 11.7 Å². The summed E-state index contributed by atoms with van der Waals surface area (Å²) in [6.45, 7) is 0.491. The van der Waals surface area contributed by atoms with E-state index in [0.29, 0.717) is 12.1 Å². The summed E-state index contributed by atoms with van der Waals surface area (Å²) in [5, 5.41) is 8.96. The highest BCUT2D eigenvalue weighted by molar-refractivity contribution is 9.10. The van der Waals surface area contributed by atoms with E-state index < -0.39 is 0 Å². The molecule has 0 radical (unpaired) electrons. The van der Waals surface area contributed by atoms with Gasteiger partial charge in [0.25, 0.3) is 0 Å². The second-order valence-electron chi connectivity index (χ2n) is 2.81. The van der Waals surface area contributed by atoms with E-state index in [1.807, 2.05) is 30.1 Å². The zero-order valence-electron chi connectivity index (χ0n) is 7.79. The van der Waals surface area contributed by atoms with Crippen LogP contribution in [0.4, 0.5) is 5.69 Å². The molecule has 0 aliphatic heterocycles. The molecule has 0 saturated carbocycles. The fourth-order valence-corrected chi connectivity index (χ4v) is 1.61. The summed E-state index contributed by atoms with van der Waals surface area (Å²) in [4.78, 5) is 1.86. The van der Waals surface area contributed by atoms with Crippen molar-refractivity contribution in [2.75, 3.05) is 18.5 Å². The van der Waals surface area contributed by atoms with Gasteiger partial charge in [0.1, 0.15) is 6.07 Å². The number of hydrogen-bond acceptors (Lipinski definition) is 2. The number of rotatable bonds is 2. The van der Waals surface area contributed by atoms with Crippen molar-refractivity contribution in [3.63, 3.8) is 0 Å². The summed E-state index contributed by atoms with van der Waals surface area (Å²) in [5.41, 5.74) is 1.46. The van der Waals surface area contributed by atoms with Crippen molar-refractivity contribution in [1.82, 2.24) is 0 Å². The Kier molecular flexibility index (Phi) is 3.56. The molecular formula is C11H9BrN2. The van der Waals surface area contributed by atoms with Crippen molar-refractivity contribution < 1.29 is 0 Å². The quantitative estimate of drug-likeness (QED) is 0.752. The van der Waals surface area contributed by atoms with Crippen molar-refractivity contribution >= 4 is 21.6 Å². The third-order valence-corrected chi connectivity index (χ3v) is 2.50. The third kappa shape index (κ3) is 2.07. The summed E-state index contributed by atoms with van der Waals surface area (Å²) in [5.74, 6) is 2.54. The predicted molar refractivity (Wildman–Crippen MR) is 61.0 cm³/mol. The second-order valence-corrected chi connectivity index (χ2v) is 3.66. The molecule has 14 heavy (non-hydrogen) atoms. The number of nitriles is 1. The minimum absolute atomic E-state index is 0.491. The fraction of sp³-hybridized carbons (Fsp3) is 0.182. The second kappa shape index (κ2) is 4.69. The van der Waals surface area contributed by atoms with Crippen molar-refractivity contribution in [1.29, 1.82) is 5.26 Å². The Morgan fingerprint density at radius 1 is 1.57 bits per heavy atom. The number of hydrogen-bond donors (Lipinski definition) is 0. The Balaban J connectivity index is 3.16. The molecule has 0 heterocycles. The van der Waals surface area contributed by atoms with Gasteiger partial charge in [-0.1, -0.05) is 12.0 Å². The summed E-state index contributed by atoms with van der Waals surface area (Å²) in [6, 6.07) is 7.74. The maximum absolute atomic E-state index is 8.96. The lowest BCUT2D eigenvalue weighted by Crippen LogP contribution is -2.18. The van der Waals surface area contributed by atoms with Gasteiger partial charge in [-0.05, 0) is 28.1 Å². The number of nitrogens with zero attached hydrogens (tertiary/aromatic N) is 2. The first-order valence-electron chi connectivity index (χ1n) is 4.04. The van der Waals surface area contributed by atoms with E-state index in [2.05, 4.69) is 27.9 Å². The molecule has 1 aromatic carbocycles. The molecule has 0 saturated heterocycles. The van der Waals surface area contributed by atoms with Crippen molar-refractivity contribution in [3.05, 3.63) is 28.2 Å². The first-order chi connectivity index (χ1) is 6.70. The highest BCUT2D eigenvalue weighted by Gasteiger charge is 2.08. The van der Waals surface area contributed by atoms with Crippen LogP contribution in [0.3, 0.4) is 0 Å². The molecule has 1 aromatic rings. The molecule has 0 N–H and O–H groups in total. The summed E-state index contributed by atoms with van der Waals surface area (Å²) in [7, 11) is 1.86. The standard InChI is InChI=1S/C11H9BrN2/c1-3-7-14(2)11-6-4-5-10(12)9(11)8-13/h1,4-6H,7H2,2H3. The molecule has 2 nitrogen and oxygen atoms in total. The lowest BCUT2D eigenvalue weighted by atomic mass is 10.2. The van der Waals surface area contributed by atoms with Crippen molar-refractivity contribution in [2.24, 2.45) is 0 Å². The van der Waals surface area contributed by atoms with Crippen LogP contribution in [0, 0.1) is 23.7 Å². The molecule has 0 unspecified atom stereocenters. The van der Waals surface area contributed by atoms with E-state index in [0.717, 1.165) is 10.2 Å². The zero-order chi connectivity index (χ0) is 10.6. The van der Waals surface area contributed by atoms with E-state index in [-0.39, 0.29) is 0 Å². The largest absolute Gasteiger partial charge is 0.362 e. The lowest BCUT2D eigenvalue weighted by Gasteiger charge is -2.17. The molecule has 0 spiro atoms. The molecule has 0 amide bonds. The van der Waals surface area contributed by atoms with Gasteiger partial charge in [-0.3, -0.25) is 0 Å². The SMILES string of the molecule is C#CCN(C)c1cccc(Br)c1C#N. The van der Waals surface area contributed by atoms with Crippen LogP contribution in [-0.2, 0) is 0 Å². The van der Waals surface area contributed by atoms with E-state index in [9.17, 15) is 0 Å². The minimum Gasteiger partial charge on any atom is -0.362 e. The Labute approximate surface area is 92.3 Å². The van der Waals surface area contributed by atoms with Gasteiger partial charge in [0.15, 0.2) is 0 Å². The van der Waals surface area contributed by atoms with Crippen LogP contribution in [0.15, 0.2) is 22.7 Å². The van der Waals surface area contributed by atoms with Gasteiger partial charge in [-0.15, -0.1) is 6.42 Å². The van der Waals surface area contributed by atoms with Gasteiger partial charge in [0, 0.05) is 11.5 Å². The van der Waals surface area contributed by atoms with Gasteiger partial charge in [-0.25, -0.2) is 0 Å². The molecule has 0 aromatic heterocycles. The maximum atomic E-state index is 8.96. The minimum atomic E-state index is 0.491. The number of halogens is 1. The highest BCUT2D eigenvalue weighted by atomic mass is 79.9. The molecule has 1 rings (SSSR count). The number of anilines is 1. The molecule has 0 bridgehead atoms. The normalized spacial score (nSPS) is 8.86. The van der Waals surface area contributed by atoms with Crippen LogP contribution < -0.4 is 4.90 Å². The van der Waals surface area contributed by atoms with Crippen molar-refractivity contribution in [3.8, 4) is 18.4 Å². The topological polar surface area (TPSA) is 27.0 Å². The molecular weight excluding hydrogens is 240 g/mol. The number of terminal acetylenes is 1. The van der Waals surface area contributed by atoms with Crippen LogP contribution in [0.5, 0.6) is 0 Å². The maximum Gasteiger partial charge on any atom is 0.103 e. The Hall–Kier alpha value is -1.45. The van der Waals surface area contributed by atoms with Crippen LogP contribution in [0.25, 0.3) is 0 Å². The summed E-state index contributed by atoms with van der Waals surface area (Å²) in [6.07, 6.45) is 5.21. The van der Waals surface area contributed by atoms with Crippen LogP contribution in [-0.4, -0.2) is 13.6 Å². The lowest BCUT2D eigenvalue weighted by molar-refractivity contribution is 1.05. The summed E-state index contributed by atoms with van der Waals surface area (Å²) >= 11 is 3.33. The summed E-state index contributed by atoms with van der Waals surface area (Å²) < 4.78 is 0.793. The van der Waals surface area contributed by atoms with Gasteiger partial charge in [-0.2, -0.15) is 5.26 Å². The molecule has 0 atom stereocenters. The van der Waals surface area contributed by atoms with Gasteiger partial charge in [0.05, 0.1) is 17.8 Å². The average Bonchev–Trinajstić information content (AvgIpc) is 2.17. The molecule has 0 aliphatic carbocycles. The molecule has 0 aliphatic rings. The van der Waals surface area contributed by atoms with Gasteiger partial charge in [0.2, 0.25) is 0 Å². The first-order valence-corrected chi connectivity index (χ1v) is 4.83.